The van der Waals surface area contributed by atoms with Crippen LogP contribution < -0.4 is 20.1 Å². The zero-order valence-corrected chi connectivity index (χ0v) is 29.1. The minimum atomic E-state index is -2.05. The van der Waals surface area contributed by atoms with Gasteiger partial charge in [-0.2, -0.15) is 9.78 Å². The molecule has 0 radical (unpaired) electrons. The summed E-state index contributed by atoms with van der Waals surface area (Å²) >= 11 is 12.7. The number of carbonyl (C=O) groups is 4. The third-order valence-electron chi connectivity index (χ3n) is 9.42. The first-order chi connectivity index (χ1) is 24.6. The van der Waals surface area contributed by atoms with Gasteiger partial charge in [0, 0.05) is 39.9 Å². The minimum Gasteiger partial charge on any atom is -0.497 e. The lowest BCUT2D eigenvalue weighted by atomic mass is 9.52. The number of amides is 4. The first-order valence-corrected chi connectivity index (χ1v) is 16.6. The van der Waals surface area contributed by atoms with Crippen molar-refractivity contribution >= 4 is 58.6 Å². The molecular formula is C39H30Cl2N4O6. The smallest absolute Gasteiger partial charge is 0.328 e. The van der Waals surface area contributed by atoms with Gasteiger partial charge in [0.15, 0.2) is 5.41 Å². The molecule has 5 aromatic rings. The van der Waals surface area contributed by atoms with Crippen molar-refractivity contribution in [3.8, 4) is 22.8 Å². The predicted molar refractivity (Wildman–Crippen MR) is 193 cm³/mol. The second kappa shape index (κ2) is 13.2. The Hall–Kier alpha value is -5.71. The first kappa shape index (κ1) is 33.8. The molecule has 4 aromatic carbocycles. The van der Waals surface area contributed by atoms with Crippen LogP contribution in [0, 0.1) is 5.41 Å². The second-order valence-electron chi connectivity index (χ2n) is 12.2. The van der Waals surface area contributed by atoms with Crippen molar-refractivity contribution in [2.24, 2.45) is 5.41 Å². The van der Waals surface area contributed by atoms with Crippen LogP contribution in [0.25, 0.3) is 22.9 Å². The molecule has 1 saturated heterocycles. The number of hydrogen-bond acceptors (Lipinski definition) is 7. The Morgan fingerprint density at radius 2 is 1.24 bits per heavy atom. The van der Waals surface area contributed by atoms with E-state index in [9.17, 15) is 19.2 Å². The number of imide groups is 2. The zero-order valence-electron chi connectivity index (χ0n) is 27.6. The van der Waals surface area contributed by atoms with Gasteiger partial charge >= 0.3 is 6.03 Å². The second-order valence-corrected chi connectivity index (χ2v) is 13.1. The molecule has 0 bridgehead atoms. The number of allylic oxidation sites excluding steroid dienone is 1. The number of methoxy groups -OCH3 is 2. The molecule has 1 aliphatic heterocycles. The van der Waals surface area contributed by atoms with Gasteiger partial charge in [0.1, 0.15) is 11.5 Å². The predicted octanol–water partition coefficient (Wildman–Crippen LogP) is 7.36. The number of benzene rings is 4. The Bertz CT molecular complexity index is 2210. The topological polar surface area (TPSA) is 129 Å². The van der Waals surface area contributed by atoms with Crippen molar-refractivity contribution in [3.63, 3.8) is 0 Å². The van der Waals surface area contributed by atoms with Crippen LogP contribution >= 0.6 is 23.2 Å². The van der Waals surface area contributed by atoms with Crippen molar-refractivity contribution in [3.05, 3.63) is 135 Å². The van der Waals surface area contributed by atoms with Gasteiger partial charge in [0.2, 0.25) is 17.7 Å². The molecule has 12 heteroatoms. The van der Waals surface area contributed by atoms with Crippen molar-refractivity contribution in [2.45, 2.75) is 18.8 Å². The molecule has 1 fully saturated rings. The van der Waals surface area contributed by atoms with Crippen LogP contribution in [0.5, 0.6) is 11.5 Å². The van der Waals surface area contributed by atoms with Crippen LogP contribution in [-0.4, -0.2) is 47.8 Å². The summed E-state index contributed by atoms with van der Waals surface area (Å²) in [4.78, 5) is 56.1. The Morgan fingerprint density at radius 3 is 1.73 bits per heavy atom. The molecule has 7 rings (SSSR count). The molecule has 2 N–H and O–H groups in total. The molecule has 2 atom stereocenters. The molecule has 1 aliphatic carbocycles. The Morgan fingerprint density at radius 1 is 0.745 bits per heavy atom. The molecule has 256 valence electrons. The number of ether oxygens (including phenoxy) is 2. The lowest BCUT2D eigenvalue weighted by Crippen LogP contribution is -2.67. The van der Waals surface area contributed by atoms with Gasteiger partial charge in [-0.3, -0.25) is 25.0 Å². The highest BCUT2D eigenvalue weighted by Crippen LogP contribution is 2.63. The van der Waals surface area contributed by atoms with Gasteiger partial charge in [-0.1, -0.05) is 59.6 Å². The summed E-state index contributed by atoms with van der Waals surface area (Å²) in [5, 5.41) is 10.7. The summed E-state index contributed by atoms with van der Waals surface area (Å²) in [7, 11) is 3.11. The normalized spacial score (nSPS) is 18.6. The summed E-state index contributed by atoms with van der Waals surface area (Å²) in [6.07, 6.45) is 1.84. The van der Waals surface area contributed by atoms with Crippen LogP contribution in [0.4, 0.5) is 4.79 Å². The number of barbiturate groups is 1. The summed E-state index contributed by atoms with van der Waals surface area (Å²) in [5.41, 5.74) is 1.95. The maximum atomic E-state index is 14.9. The number of nitrogens with one attached hydrogen (secondary N) is 2. The summed E-state index contributed by atoms with van der Waals surface area (Å²) in [6, 6.07) is 27.0. The van der Waals surface area contributed by atoms with E-state index in [1.165, 1.54) is 11.6 Å². The lowest BCUT2D eigenvalue weighted by molar-refractivity contribution is -0.146. The molecule has 2 heterocycles. The van der Waals surface area contributed by atoms with E-state index in [0.717, 1.165) is 0 Å². The fourth-order valence-corrected chi connectivity index (χ4v) is 7.49. The zero-order chi connectivity index (χ0) is 36.0. The average molecular weight is 722 g/mol. The maximum Gasteiger partial charge on any atom is 0.328 e. The first-order valence-electron chi connectivity index (χ1n) is 15.9. The number of nitrogens with zero attached hydrogens (tertiary/aromatic N) is 2. The van der Waals surface area contributed by atoms with E-state index in [0.29, 0.717) is 66.3 Å². The van der Waals surface area contributed by atoms with E-state index in [-0.39, 0.29) is 0 Å². The molecule has 51 heavy (non-hydrogen) atoms. The van der Waals surface area contributed by atoms with Crippen molar-refractivity contribution in [1.29, 1.82) is 0 Å². The van der Waals surface area contributed by atoms with E-state index < -0.39 is 41.0 Å². The monoisotopic (exact) mass is 720 g/mol. The third kappa shape index (κ3) is 5.66. The van der Waals surface area contributed by atoms with Crippen LogP contribution in [-0.2, 0) is 9.59 Å². The van der Waals surface area contributed by atoms with Crippen LogP contribution in [0.1, 0.15) is 51.5 Å². The number of carbonyl (C=O) groups excluding carboxylic acids is 4. The highest BCUT2D eigenvalue weighted by Gasteiger charge is 2.66. The molecule has 2 aliphatic rings. The summed E-state index contributed by atoms with van der Waals surface area (Å²) in [6.45, 7) is 1.39. The van der Waals surface area contributed by atoms with Crippen molar-refractivity contribution in [2.75, 3.05) is 14.2 Å². The standard InChI is InChI=1S/C39H30Cl2N4O6/c1-21(46)45-35(25-10-18-29(51-3)19-11-25)31-33(24-8-14-27(41)15-9-24)39(36(47)42-38(49)43-37(39)48)32(23-6-12-26(40)13-7-23)30(34(31)44-45)20-22-4-16-28(50-2)17-5-22/h4-20,32-33H,1-3H3,(H2,42,43,47,48,49)/b30-20-. The number of hydrogen-bond donors (Lipinski definition) is 2. The van der Waals surface area contributed by atoms with Crippen molar-refractivity contribution < 1.29 is 28.7 Å². The number of halogens is 2. The fraction of sp³-hybridized carbons (Fsp3) is 0.154. The Labute approximate surface area is 303 Å². The van der Waals surface area contributed by atoms with E-state index in [2.05, 4.69) is 10.6 Å². The number of urea groups is 1. The molecule has 2 unspecified atom stereocenters. The molecule has 10 nitrogen and oxygen atoms in total. The largest absolute Gasteiger partial charge is 0.497 e. The Kier molecular flexibility index (Phi) is 8.74. The minimum absolute atomic E-state index is 0.368. The van der Waals surface area contributed by atoms with E-state index in [1.54, 1.807) is 99.1 Å². The highest BCUT2D eigenvalue weighted by atomic mass is 35.5. The van der Waals surface area contributed by atoms with Gasteiger partial charge in [-0.15, -0.1) is 0 Å². The van der Waals surface area contributed by atoms with Crippen LogP contribution in [0.3, 0.4) is 0 Å². The van der Waals surface area contributed by atoms with Crippen molar-refractivity contribution in [1.82, 2.24) is 20.4 Å². The molecular weight excluding hydrogens is 691 g/mol. The van der Waals surface area contributed by atoms with Gasteiger partial charge in [-0.25, -0.2) is 4.79 Å². The number of rotatable bonds is 6. The summed E-state index contributed by atoms with van der Waals surface area (Å²) < 4.78 is 12.1. The Balaban J connectivity index is 1.68. The van der Waals surface area contributed by atoms with Gasteiger partial charge < -0.3 is 9.47 Å². The number of fused-ring (bicyclic) bond motifs is 1. The average Bonchev–Trinajstić information content (AvgIpc) is 3.53. The highest BCUT2D eigenvalue weighted by molar-refractivity contribution is 6.31. The maximum absolute atomic E-state index is 14.9. The van der Waals surface area contributed by atoms with E-state index in [4.69, 9.17) is 37.8 Å². The quantitative estimate of drug-likeness (QED) is 0.176. The third-order valence-corrected chi connectivity index (χ3v) is 9.92. The molecule has 1 aromatic heterocycles. The fourth-order valence-electron chi connectivity index (χ4n) is 7.23. The van der Waals surface area contributed by atoms with Gasteiger partial charge in [-0.05, 0) is 89.0 Å². The SMILES string of the molecule is COc1ccc(/C=C2\c3nn(C(C)=O)c(-c4ccc(OC)cc4)c3C(c3ccc(Cl)cc3)C3(C(=O)NC(=O)NC3=O)C2c2ccc(Cl)cc2)cc1. The van der Waals surface area contributed by atoms with Gasteiger partial charge in [0.05, 0.1) is 25.6 Å². The van der Waals surface area contributed by atoms with Gasteiger partial charge in [0.25, 0.3) is 0 Å². The van der Waals surface area contributed by atoms with Crippen LogP contribution in [0.15, 0.2) is 97.1 Å². The molecule has 1 spiro atoms. The summed E-state index contributed by atoms with van der Waals surface area (Å²) in [5.74, 6) is -2.99. The molecule has 0 saturated carbocycles. The lowest BCUT2D eigenvalue weighted by Gasteiger charge is -2.49. The van der Waals surface area contributed by atoms with Crippen LogP contribution in [0.2, 0.25) is 10.0 Å². The van der Waals surface area contributed by atoms with E-state index >= 15 is 0 Å². The van der Waals surface area contributed by atoms with E-state index in [1.807, 2.05) is 18.2 Å². The number of aromatic nitrogens is 2. The molecule has 4 amide bonds.